The summed E-state index contributed by atoms with van der Waals surface area (Å²) in [6.07, 6.45) is 0. The Morgan fingerprint density at radius 1 is 1.27 bits per heavy atom. The van der Waals surface area contributed by atoms with Crippen LogP contribution in [-0.4, -0.2) is 5.78 Å². The van der Waals surface area contributed by atoms with Gasteiger partial charge in [0, 0.05) is 5.56 Å². The Hall–Kier alpha value is -1.41. The highest BCUT2D eigenvalue weighted by molar-refractivity contribution is 7.08. The molecule has 1 aromatic heterocycles. The first-order valence-corrected chi connectivity index (χ1v) is 5.77. The summed E-state index contributed by atoms with van der Waals surface area (Å²) >= 11 is 1.65. The molecule has 2 aromatic rings. The van der Waals surface area contributed by atoms with Gasteiger partial charge in [-0.05, 0) is 47.4 Å². The highest BCUT2D eigenvalue weighted by atomic mass is 32.1. The zero-order valence-corrected chi connectivity index (χ0v) is 9.60. The summed E-state index contributed by atoms with van der Waals surface area (Å²) in [6.45, 7) is 3.66. The van der Waals surface area contributed by atoms with E-state index in [0.29, 0.717) is 0 Å². The van der Waals surface area contributed by atoms with Crippen molar-refractivity contribution in [3.05, 3.63) is 46.2 Å². The highest BCUT2D eigenvalue weighted by Gasteiger charge is 2.11. The molecule has 0 aliphatic heterocycles. The van der Waals surface area contributed by atoms with E-state index in [9.17, 15) is 4.79 Å². The Bertz CT molecular complexity index is 483. The van der Waals surface area contributed by atoms with Gasteiger partial charge in [0.2, 0.25) is 0 Å². The SMILES string of the molecule is CC(=O)c1cccc(C)c1-c1ccsc1. The number of hydrogen-bond acceptors (Lipinski definition) is 2. The lowest BCUT2D eigenvalue weighted by Crippen LogP contribution is -1.97. The van der Waals surface area contributed by atoms with Gasteiger partial charge < -0.3 is 0 Å². The van der Waals surface area contributed by atoms with Gasteiger partial charge >= 0.3 is 0 Å². The predicted molar refractivity (Wildman–Crippen MR) is 64.5 cm³/mol. The summed E-state index contributed by atoms with van der Waals surface area (Å²) in [7, 11) is 0. The summed E-state index contributed by atoms with van der Waals surface area (Å²) in [5.74, 6) is 0.125. The minimum absolute atomic E-state index is 0.125. The quantitative estimate of drug-likeness (QED) is 0.695. The summed E-state index contributed by atoms with van der Waals surface area (Å²) in [5.41, 5.74) is 4.18. The van der Waals surface area contributed by atoms with E-state index in [4.69, 9.17) is 0 Å². The fourth-order valence-electron chi connectivity index (χ4n) is 1.75. The first-order chi connectivity index (χ1) is 7.20. The van der Waals surface area contributed by atoms with Crippen molar-refractivity contribution in [3.63, 3.8) is 0 Å². The summed E-state index contributed by atoms with van der Waals surface area (Å²) < 4.78 is 0. The number of rotatable bonds is 2. The van der Waals surface area contributed by atoms with Crippen LogP contribution in [0, 0.1) is 6.92 Å². The first-order valence-electron chi connectivity index (χ1n) is 4.83. The van der Waals surface area contributed by atoms with Crippen molar-refractivity contribution in [1.82, 2.24) is 0 Å². The molecule has 2 heteroatoms. The maximum absolute atomic E-state index is 11.5. The molecule has 0 radical (unpaired) electrons. The van der Waals surface area contributed by atoms with Gasteiger partial charge in [0.1, 0.15) is 0 Å². The zero-order valence-electron chi connectivity index (χ0n) is 8.78. The second-order valence-corrected chi connectivity index (χ2v) is 4.35. The molecule has 0 aliphatic rings. The Morgan fingerprint density at radius 2 is 2.07 bits per heavy atom. The third-order valence-electron chi connectivity index (χ3n) is 2.46. The standard InChI is InChI=1S/C13H12OS/c1-9-4-3-5-12(10(2)14)13(9)11-6-7-15-8-11/h3-8H,1-2H3. The summed E-state index contributed by atoms with van der Waals surface area (Å²) in [4.78, 5) is 11.5. The number of aryl methyl sites for hydroxylation is 1. The molecule has 2 rings (SSSR count). The van der Waals surface area contributed by atoms with Crippen LogP contribution in [0.1, 0.15) is 22.8 Å². The monoisotopic (exact) mass is 216 g/mol. The molecule has 1 nitrogen and oxygen atoms in total. The van der Waals surface area contributed by atoms with E-state index in [1.54, 1.807) is 18.3 Å². The normalized spacial score (nSPS) is 10.3. The zero-order chi connectivity index (χ0) is 10.8. The Morgan fingerprint density at radius 3 is 2.67 bits per heavy atom. The van der Waals surface area contributed by atoms with Crippen LogP contribution in [0.15, 0.2) is 35.0 Å². The van der Waals surface area contributed by atoms with Crippen molar-refractivity contribution in [2.75, 3.05) is 0 Å². The molecule has 0 bridgehead atoms. The largest absolute Gasteiger partial charge is 0.294 e. The summed E-state index contributed by atoms with van der Waals surface area (Å²) in [6, 6.07) is 7.92. The van der Waals surface area contributed by atoms with E-state index in [1.165, 1.54) is 0 Å². The first kappa shape index (κ1) is 10.1. The van der Waals surface area contributed by atoms with Gasteiger partial charge in [-0.25, -0.2) is 0 Å². The average Bonchev–Trinajstić information content (AvgIpc) is 2.70. The minimum Gasteiger partial charge on any atom is -0.294 e. The molecule has 0 atom stereocenters. The predicted octanol–water partition coefficient (Wildman–Crippen LogP) is 3.93. The molecule has 1 heterocycles. The lowest BCUT2D eigenvalue weighted by molar-refractivity contribution is 0.101. The number of carbonyl (C=O) groups is 1. The van der Waals surface area contributed by atoms with Crippen molar-refractivity contribution < 1.29 is 4.79 Å². The van der Waals surface area contributed by atoms with E-state index in [0.717, 1.165) is 22.3 Å². The lowest BCUT2D eigenvalue weighted by Gasteiger charge is -2.08. The molecule has 15 heavy (non-hydrogen) atoms. The Balaban J connectivity index is 2.68. The fourth-order valence-corrected chi connectivity index (χ4v) is 2.40. The van der Waals surface area contributed by atoms with Crippen LogP contribution in [0.5, 0.6) is 0 Å². The van der Waals surface area contributed by atoms with E-state index < -0.39 is 0 Å². The van der Waals surface area contributed by atoms with Crippen molar-refractivity contribution in [2.24, 2.45) is 0 Å². The van der Waals surface area contributed by atoms with Crippen molar-refractivity contribution in [2.45, 2.75) is 13.8 Å². The third-order valence-corrected chi connectivity index (χ3v) is 3.15. The van der Waals surface area contributed by atoms with Gasteiger partial charge in [0.25, 0.3) is 0 Å². The van der Waals surface area contributed by atoms with Crippen LogP contribution < -0.4 is 0 Å². The molecule has 0 saturated carbocycles. The van der Waals surface area contributed by atoms with Gasteiger partial charge in [-0.1, -0.05) is 18.2 Å². The Kier molecular flexibility index (Phi) is 2.69. The molecule has 0 fully saturated rings. The smallest absolute Gasteiger partial charge is 0.160 e. The number of carbonyl (C=O) groups excluding carboxylic acids is 1. The second-order valence-electron chi connectivity index (χ2n) is 3.57. The van der Waals surface area contributed by atoms with Crippen LogP contribution in [0.25, 0.3) is 11.1 Å². The maximum atomic E-state index is 11.5. The molecule has 0 N–H and O–H groups in total. The van der Waals surface area contributed by atoms with E-state index in [1.807, 2.05) is 30.5 Å². The van der Waals surface area contributed by atoms with Gasteiger partial charge in [-0.3, -0.25) is 4.79 Å². The van der Waals surface area contributed by atoms with Crippen molar-refractivity contribution in [3.8, 4) is 11.1 Å². The molecule has 76 valence electrons. The number of Topliss-reactive ketones (excluding diaryl/α,β-unsaturated/α-hetero) is 1. The molecule has 0 amide bonds. The van der Waals surface area contributed by atoms with E-state index >= 15 is 0 Å². The van der Waals surface area contributed by atoms with Crippen LogP contribution in [0.3, 0.4) is 0 Å². The van der Waals surface area contributed by atoms with Crippen molar-refractivity contribution >= 4 is 17.1 Å². The van der Waals surface area contributed by atoms with E-state index in [-0.39, 0.29) is 5.78 Å². The number of hydrogen-bond donors (Lipinski definition) is 0. The summed E-state index contributed by atoms with van der Waals surface area (Å²) in [5, 5.41) is 4.11. The van der Waals surface area contributed by atoms with Gasteiger partial charge in [0.05, 0.1) is 0 Å². The van der Waals surface area contributed by atoms with Gasteiger partial charge in [-0.15, -0.1) is 0 Å². The third kappa shape index (κ3) is 1.85. The molecule has 0 unspecified atom stereocenters. The minimum atomic E-state index is 0.125. The van der Waals surface area contributed by atoms with E-state index in [2.05, 4.69) is 11.4 Å². The lowest BCUT2D eigenvalue weighted by atomic mass is 9.95. The van der Waals surface area contributed by atoms with Gasteiger partial charge in [-0.2, -0.15) is 11.3 Å². The van der Waals surface area contributed by atoms with Crippen LogP contribution in [-0.2, 0) is 0 Å². The Labute approximate surface area is 93.4 Å². The van der Waals surface area contributed by atoms with Crippen LogP contribution >= 0.6 is 11.3 Å². The molecular weight excluding hydrogens is 204 g/mol. The van der Waals surface area contributed by atoms with Gasteiger partial charge in [0.15, 0.2) is 5.78 Å². The van der Waals surface area contributed by atoms with Crippen molar-refractivity contribution in [1.29, 1.82) is 0 Å². The highest BCUT2D eigenvalue weighted by Crippen LogP contribution is 2.29. The molecule has 0 aliphatic carbocycles. The molecule has 0 spiro atoms. The average molecular weight is 216 g/mol. The number of ketones is 1. The molecule has 0 saturated heterocycles. The fraction of sp³-hybridized carbons (Fsp3) is 0.154. The maximum Gasteiger partial charge on any atom is 0.160 e. The molecule has 1 aromatic carbocycles. The number of thiophene rings is 1. The van der Waals surface area contributed by atoms with Crippen LogP contribution in [0.4, 0.5) is 0 Å². The van der Waals surface area contributed by atoms with Crippen LogP contribution in [0.2, 0.25) is 0 Å². The topological polar surface area (TPSA) is 17.1 Å². The second kappa shape index (κ2) is 3.99. The molecular formula is C13H12OS. The number of benzene rings is 1.